The van der Waals surface area contributed by atoms with Gasteiger partial charge in [-0.25, -0.2) is 4.68 Å². The SMILES string of the molecule is CCCN1C[C@@H]2COC[C@H](C1)N(C(=O)c1ccc(-n3cnnn3)cc1)C2.O=CO. The van der Waals surface area contributed by atoms with Crippen molar-refractivity contribution >= 4 is 12.4 Å². The van der Waals surface area contributed by atoms with Gasteiger partial charge in [0.2, 0.25) is 0 Å². The predicted octanol–water partition coefficient (Wildman–Crippen LogP) is 0.546. The summed E-state index contributed by atoms with van der Waals surface area (Å²) in [4.78, 5) is 26.0. The van der Waals surface area contributed by atoms with Crippen LogP contribution in [0, 0.1) is 5.92 Å². The lowest BCUT2D eigenvalue weighted by Crippen LogP contribution is -2.46. The monoisotopic (exact) mass is 402 g/mol. The molecule has 0 saturated carbocycles. The molecular formula is C19H26N6O4. The normalized spacial score (nSPS) is 21.6. The second-order valence-electron chi connectivity index (χ2n) is 7.18. The van der Waals surface area contributed by atoms with Crippen molar-refractivity contribution in [2.24, 2.45) is 5.92 Å². The maximum Gasteiger partial charge on any atom is 0.290 e. The van der Waals surface area contributed by atoms with E-state index in [1.165, 1.54) is 6.33 Å². The van der Waals surface area contributed by atoms with Gasteiger partial charge in [0.05, 0.1) is 24.9 Å². The number of benzene rings is 1. The van der Waals surface area contributed by atoms with Crippen LogP contribution in [0.3, 0.4) is 0 Å². The molecule has 156 valence electrons. The standard InChI is InChI=1S/C18H24N6O2.CH2O2/c1-2-7-22-8-14-9-23(17(10-22)12-26-11-14)18(25)15-3-5-16(6-4-15)24-13-19-20-21-24;2-1-3/h3-6,13-14,17H,2,7-12H2,1H3;1H,(H,2,3)/t14-,17-;/m0./s1. The van der Waals surface area contributed by atoms with Gasteiger partial charge in [0.15, 0.2) is 0 Å². The summed E-state index contributed by atoms with van der Waals surface area (Å²) in [7, 11) is 0. The average molecular weight is 402 g/mol. The minimum atomic E-state index is -0.250. The van der Waals surface area contributed by atoms with Crippen LogP contribution in [0.25, 0.3) is 5.69 Å². The zero-order chi connectivity index (χ0) is 20.6. The summed E-state index contributed by atoms with van der Waals surface area (Å²) in [6, 6.07) is 7.54. The number of amides is 1. The largest absolute Gasteiger partial charge is 0.483 e. The Morgan fingerprint density at radius 1 is 1.24 bits per heavy atom. The molecule has 0 unspecified atom stereocenters. The maximum absolute atomic E-state index is 13.2. The van der Waals surface area contributed by atoms with Gasteiger partial charge in [0.25, 0.3) is 12.4 Å². The molecule has 2 bridgehead atoms. The minimum absolute atomic E-state index is 0.0760. The molecule has 10 nitrogen and oxygen atoms in total. The van der Waals surface area contributed by atoms with Crippen molar-refractivity contribution in [3.05, 3.63) is 36.2 Å². The highest BCUT2D eigenvalue weighted by molar-refractivity contribution is 5.94. The van der Waals surface area contributed by atoms with Crippen molar-refractivity contribution in [2.45, 2.75) is 19.4 Å². The van der Waals surface area contributed by atoms with Crippen LogP contribution in [-0.2, 0) is 9.53 Å². The Kier molecular flexibility index (Phi) is 7.25. The molecule has 0 radical (unpaired) electrons. The van der Waals surface area contributed by atoms with Crippen molar-refractivity contribution in [3.8, 4) is 5.69 Å². The Labute approximate surface area is 169 Å². The maximum atomic E-state index is 13.2. The third-order valence-corrected chi connectivity index (χ3v) is 5.07. The number of nitrogens with zero attached hydrogens (tertiary/aromatic N) is 6. The van der Waals surface area contributed by atoms with Gasteiger partial charge in [-0.05, 0) is 47.7 Å². The average Bonchev–Trinajstić information content (AvgIpc) is 3.10. The molecule has 1 amide bonds. The second-order valence-corrected chi connectivity index (χ2v) is 7.18. The second kappa shape index (κ2) is 10.1. The summed E-state index contributed by atoms with van der Waals surface area (Å²) < 4.78 is 7.40. The van der Waals surface area contributed by atoms with E-state index in [2.05, 4.69) is 27.3 Å². The van der Waals surface area contributed by atoms with E-state index in [1.54, 1.807) is 4.68 Å². The fourth-order valence-corrected chi connectivity index (χ4v) is 3.89. The lowest BCUT2D eigenvalue weighted by atomic mass is 10.1. The van der Waals surface area contributed by atoms with Gasteiger partial charge >= 0.3 is 0 Å². The lowest BCUT2D eigenvalue weighted by Gasteiger charge is -2.31. The van der Waals surface area contributed by atoms with Crippen LogP contribution in [0.5, 0.6) is 0 Å². The topological polar surface area (TPSA) is 114 Å². The molecule has 2 aliphatic rings. The first kappa shape index (κ1) is 20.9. The first-order valence-corrected chi connectivity index (χ1v) is 9.68. The fraction of sp³-hybridized carbons (Fsp3) is 0.526. The Bertz CT molecular complexity index is 783. The van der Waals surface area contributed by atoms with E-state index in [0.29, 0.717) is 18.1 Å². The van der Waals surface area contributed by atoms with Gasteiger partial charge in [0, 0.05) is 31.1 Å². The summed E-state index contributed by atoms with van der Waals surface area (Å²) in [6.07, 6.45) is 2.67. The number of carboxylic acid groups (broad SMARTS) is 1. The highest BCUT2D eigenvalue weighted by atomic mass is 16.5. The number of hydrogen-bond donors (Lipinski definition) is 1. The number of ether oxygens (including phenoxy) is 1. The van der Waals surface area contributed by atoms with Crippen LogP contribution in [-0.4, -0.2) is 92.9 Å². The van der Waals surface area contributed by atoms with Gasteiger partial charge < -0.3 is 19.6 Å². The zero-order valence-corrected chi connectivity index (χ0v) is 16.4. The summed E-state index contributed by atoms with van der Waals surface area (Å²) in [5.41, 5.74) is 1.52. The molecule has 2 atom stereocenters. The predicted molar refractivity (Wildman–Crippen MR) is 104 cm³/mol. The highest BCUT2D eigenvalue weighted by Crippen LogP contribution is 2.22. The summed E-state index contributed by atoms with van der Waals surface area (Å²) in [5, 5.41) is 18.0. The Morgan fingerprint density at radius 2 is 2.00 bits per heavy atom. The molecule has 0 aliphatic carbocycles. The van der Waals surface area contributed by atoms with Crippen molar-refractivity contribution in [3.63, 3.8) is 0 Å². The van der Waals surface area contributed by atoms with E-state index in [0.717, 1.165) is 44.9 Å². The zero-order valence-electron chi connectivity index (χ0n) is 16.4. The van der Waals surface area contributed by atoms with Crippen LogP contribution >= 0.6 is 0 Å². The van der Waals surface area contributed by atoms with E-state index >= 15 is 0 Å². The molecule has 1 aromatic heterocycles. The summed E-state index contributed by atoms with van der Waals surface area (Å²) in [6.45, 7) is 7.04. The molecule has 2 aromatic rings. The molecule has 1 N–H and O–H groups in total. The number of hydrogen-bond acceptors (Lipinski definition) is 7. The highest BCUT2D eigenvalue weighted by Gasteiger charge is 2.35. The smallest absolute Gasteiger partial charge is 0.290 e. The van der Waals surface area contributed by atoms with Gasteiger partial charge in [0.1, 0.15) is 6.33 Å². The number of carbonyl (C=O) groups is 2. The molecule has 4 rings (SSSR count). The van der Waals surface area contributed by atoms with Crippen molar-refractivity contribution < 1.29 is 19.4 Å². The third-order valence-electron chi connectivity index (χ3n) is 5.07. The molecule has 2 saturated heterocycles. The first-order chi connectivity index (χ1) is 14.2. The number of fused-ring (bicyclic) bond motifs is 3. The number of tetrazole rings is 1. The van der Waals surface area contributed by atoms with Crippen LogP contribution in [0.1, 0.15) is 23.7 Å². The number of aromatic nitrogens is 4. The molecule has 10 heteroatoms. The number of rotatable bonds is 4. The van der Waals surface area contributed by atoms with Crippen molar-refractivity contribution in [1.29, 1.82) is 0 Å². The molecular weight excluding hydrogens is 376 g/mol. The Morgan fingerprint density at radius 3 is 2.66 bits per heavy atom. The third kappa shape index (κ3) is 5.15. The molecule has 3 heterocycles. The van der Waals surface area contributed by atoms with Crippen LogP contribution in [0.2, 0.25) is 0 Å². The van der Waals surface area contributed by atoms with E-state index in [-0.39, 0.29) is 18.4 Å². The Hall–Kier alpha value is -2.85. The van der Waals surface area contributed by atoms with Crippen LogP contribution < -0.4 is 0 Å². The van der Waals surface area contributed by atoms with Crippen molar-refractivity contribution in [1.82, 2.24) is 30.0 Å². The summed E-state index contributed by atoms with van der Waals surface area (Å²) in [5.74, 6) is 0.450. The van der Waals surface area contributed by atoms with Crippen LogP contribution in [0.15, 0.2) is 30.6 Å². The van der Waals surface area contributed by atoms with E-state index in [9.17, 15) is 4.79 Å². The fourth-order valence-electron chi connectivity index (χ4n) is 3.89. The molecule has 2 fully saturated rings. The van der Waals surface area contributed by atoms with E-state index in [1.807, 2.05) is 29.2 Å². The minimum Gasteiger partial charge on any atom is -0.483 e. The molecule has 0 spiro atoms. The van der Waals surface area contributed by atoms with Gasteiger partial charge in [-0.2, -0.15) is 0 Å². The lowest BCUT2D eigenvalue weighted by molar-refractivity contribution is -0.122. The van der Waals surface area contributed by atoms with E-state index in [4.69, 9.17) is 14.6 Å². The van der Waals surface area contributed by atoms with E-state index < -0.39 is 0 Å². The Balaban J connectivity index is 0.000000755. The first-order valence-electron chi connectivity index (χ1n) is 9.68. The summed E-state index contributed by atoms with van der Waals surface area (Å²) >= 11 is 0. The molecule has 1 aromatic carbocycles. The van der Waals surface area contributed by atoms with Crippen molar-refractivity contribution in [2.75, 3.05) is 39.4 Å². The molecule has 2 aliphatic heterocycles. The van der Waals surface area contributed by atoms with Gasteiger partial charge in [-0.1, -0.05) is 6.92 Å². The molecule has 29 heavy (non-hydrogen) atoms. The van der Waals surface area contributed by atoms with Gasteiger partial charge in [-0.15, -0.1) is 5.10 Å². The number of carbonyl (C=O) groups excluding carboxylic acids is 1. The quantitative estimate of drug-likeness (QED) is 0.738. The van der Waals surface area contributed by atoms with Gasteiger partial charge in [-0.3, -0.25) is 9.59 Å². The van der Waals surface area contributed by atoms with Crippen LogP contribution in [0.4, 0.5) is 0 Å².